The molecule has 110 valence electrons. The van der Waals surface area contributed by atoms with E-state index in [1.54, 1.807) is 12.1 Å². The van der Waals surface area contributed by atoms with Gasteiger partial charge in [0.2, 0.25) is 0 Å². The number of hydrogen-bond donors (Lipinski definition) is 1. The van der Waals surface area contributed by atoms with Gasteiger partial charge in [-0.1, -0.05) is 19.3 Å². The highest BCUT2D eigenvalue weighted by atomic mass is 35.5. The number of hydrogen-bond acceptors (Lipinski definition) is 2. The van der Waals surface area contributed by atoms with Crippen molar-refractivity contribution < 1.29 is 9.53 Å². The summed E-state index contributed by atoms with van der Waals surface area (Å²) in [5.41, 5.74) is 0.429. The van der Waals surface area contributed by atoms with E-state index >= 15 is 0 Å². The molecule has 0 heterocycles. The lowest BCUT2D eigenvalue weighted by Gasteiger charge is -2.36. The van der Waals surface area contributed by atoms with Gasteiger partial charge in [-0.2, -0.15) is 0 Å². The van der Waals surface area contributed by atoms with Crippen molar-refractivity contribution in [2.75, 3.05) is 12.5 Å². The maximum Gasteiger partial charge on any atom is 0.251 e. The third-order valence-electron chi connectivity index (χ3n) is 3.87. The maximum atomic E-state index is 12.3. The molecule has 0 radical (unpaired) electrons. The van der Waals surface area contributed by atoms with E-state index < -0.39 is 0 Å². The first-order valence-electron chi connectivity index (χ1n) is 7.30. The Bertz CT molecular complexity index is 438. The second-order valence-corrected chi connectivity index (χ2v) is 5.65. The summed E-state index contributed by atoms with van der Waals surface area (Å²) in [6.07, 6.45) is 5.45. The third-order valence-corrected chi connectivity index (χ3v) is 4.38. The average Bonchev–Trinajstić information content (AvgIpc) is 2.49. The van der Waals surface area contributed by atoms with Crippen molar-refractivity contribution in [2.24, 2.45) is 0 Å². The molecule has 1 N–H and O–H groups in total. The number of rotatable bonds is 5. The molecular weight excluding hydrogens is 274 g/mol. The van der Waals surface area contributed by atoms with Gasteiger partial charge in [-0.05, 0) is 44.0 Å². The van der Waals surface area contributed by atoms with Crippen LogP contribution in [0.3, 0.4) is 0 Å². The topological polar surface area (TPSA) is 38.3 Å². The van der Waals surface area contributed by atoms with Crippen LogP contribution in [0.4, 0.5) is 0 Å². The van der Waals surface area contributed by atoms with E-state index in [-0.39, 0.29) is 11.4 Å². The van der Waals surface area contributed by atoms with Crippen LogP contribution < -0.4 is 10.1 Å². The standard InChI is InChI=1S/C16H22ClNO2/c1-2-20-14-8-6-13(7-9-14)15(19)18-16(12-17)10-4-3-5-11-16/h6-9H,2-5,10-12H2,1H3,(H,18,19). The molecule has 0 spiro atoms. The number of halogens is 1. The van der Waals surface area contributed by atoms with Gasteiger partial charge < -0.3 is 10.1 Å². The molecule has 1 aromatic carbocycles. The largest absolute Gasteiger partial charge is 0.494 e. The van der Waals surface area contributed by atoms with Crippen molar-refractivity contribution in [3.05, 3.63) is 29.8 Å². The quantitative estimate of drug-likeness (QED) is 0.840. The molecule has 20 heavy (non-hydrogen) atoms. The summed E-state index contributed by atoms with van der Waals surface area (Å²) in [5.74, 6) is 1.22. The van der Waals surface area contributed by atoms with Gasteiger partial charge in [-0.25, -0.2) is 0 Å². The molecule has 2 rings (SSSR count). The maximum absolute atomic E-state index is 12.3. The van der Waals surface area contributed by atoms with Crippen molar-refractivity contribution in [3.63, 3.8) is 0 Å². The zero-order chi connectivity index (χ0) is 14.4. The third kappa shape index (κ3) is 3.66. The van der Waals surface area contributed by atoms with Crippen LogP contribution in [0.2, 0.25) is 0 Å². The fourth-order valence-electron chi connectivity index (χ4n) is 2.70. The summed E-state index contributed by atoms with van der Waals surface area (Å²) < 4.78 is 5.38. The number of nitrogens with one attached hydrogen (secondary N) is 1. The Morgan fingerprint density at radius 3 is 2.45 bits per heavy atom. The van der Waals surface area contributed by atoms with E-state index in [0.29, 0.717) is 18.1 Å². The summed E-state index contributed by atoms with van der Waals surface area (Å²) in [4.78, 5) is 12.3. The Hall–Kier alpha value is -1.22. The van der Waals surface area contributed by atoms with E-state index in [0.717, 1.165) is 31.4 Å². The minimum atomic E-state index is -0.227. The molecule has 1 fully saturated rings. The molecule has 0 saturated heterocycles. The number of benzene rings is 1. The van der Waals surface area contributed by atoms with Gasteiger partial charge in [-0.3, -0.25) is 4.79 Å². The molecule has 1 aromatic rings. The fraction of sp³-hybridized carbons (Fsp3) is 0.562. The predicted octanol–water partition coefficient (Wildman–Crippen LogP) is 3.76. The van der Waals surface area contributed by atoms with E-state index in [1.165, 1.54) is 6.42 Å². The smallest absolute Gasteiger partial charge is 0.251 e. The van der Waals surface area contributed by atoms with Gasteiger partial charge in [0.25, 0.3) is 5.91 Å². The zero-order valence-electron chi connectivity index (χ0n) is 12.0. The molecule has 1 aliphatic rings. The van der Waals surface area contributed by atoms with Crippen LogP contribution in [0, 0.1) is 0 Å². The minimum absolute atomic E-state index is 0.0457. The Morgan fingerprint density at radius 1 is 1.25 bits per heavy atom. The van der Waals surface area contributed by atoms with Crippen molar-refractivity contribution in [1.82, 2.24) is 5.32 Å². The lowest BCUT2D eigenvalue weighted by atomic mass is 9.83. The van der Waals surface area contributed by atoms with E-state index in [1.807, 2.05) is 19.1 Å². The van der Waals surface area contributed by atoms with Gasteiger partial charge in [0, 0.05) is 11.4 Å². The molecule has 0 bridgehead atoms. The summed E-state index contributed by atoms with van der Waals surface area (Å²) in [5, 5.41) is 3.14. The van der Waals surface area contributed by atoms with E-state index in [4.69, 9.17) is 16.3 Å². The van der Waals surface area contributed by atoms with Crippen LogP contribution >= 0.6 is 11.6 Å². The molecule has 1 amide bonds. The minimum Gasteiger partial charge on any atom is -0.494 e. The number of ether oxygens (including phenoxy) is 1. The van der Waals surface area contributed by atoms with Crippen LogP contribution in [0.15, 0.2) is 24.3 Å². The molecule has 4 heteroatoms. The van der Waals surface area contributed by atoms with Crippen LogP contribution in [0.5, 0.6) is 5.75 Å². The highest BCUT2D eigenvalue weighted by Crippen LogP contribution is 2.29. The molecule has 3 nitrogen and oxygen atoms in total. The van der Waals surface area contributed by atoms with E-state index in [2.05, 4.69) is 5.32 Å². The number of carbonyl (C=O) groups excluding carboxylic acids is 1. The lowest BCUT2D eigenvalue weighted by molar-refractivity contribution is 0.0885. The molecule has 0 unspecified atom stereocenters. The predicted molar refractivity (Wildman–Crippen MR) is 81.6 cm³/mol. The van der Waals surface area contributed by atoms with Gasteiger partial charge in [0.15, 0.2) is 0 Å². The zero-order valence-corrected chi connectivity index (χ0v) is 12.7. The molecular formula is C16H22ClNO2. The van der Waals surface area contributed by atoms with Crippen molar-refractivity contribution >= 4 is 17.5 Å². The van der Waals surface area contributed by atoms with Crippen LogP contribution in [0.1, 0.15) is 49.4 Å². The Labute approximate surface area is 125 Å². The lowest BCUT2D eigenvalue weighted by Crippen LogP contribution is -2.51. The van der Waals surface area contributed by atoms with Gasteiger partial charge in [-0.15, -0.1) is 11.6 Å². The SMILES string of the molecule is CCOc1ccc(C(=O)NC2(CCl)CCCCC2)cc1. The highest BCUT2D eigenvalue weighted by molar-refractivity contribution is 6.19. The summed E-state index contributed by atoms with van der Waals surface area (Å²) in [6.45, 7) is 2.56. The fourth-order valence-corrected chi connectivity index (χ4v) is 3.04. The summed E-state index contributed by atoms with van der Waals surface area (Å²) >= 11 is 6.10. The highest BCUT2D eigenvalue weighted by Gasteiger charge is 2.32. The second kappa shape index (κ2) is 6.98. The van der Waals surface area contributed by atoms with Gasteiger partial charge >= 0.3 is 0 Å². The molecule has 0 aliphatic heterocycles. The first-order valence-corrected chi connectivity index (χ1v) is 7.84. The Morgan fingerprint density at radius 2 is 1.90 bits per heavy atom. The van der Waals surface area contributed by atoms with Crippen LogP contribution in [0.25, 0.3) is 0 Å². The first-order chi connectivity index (χ1) is 9.69. The first kappa shape index (κ1) is 15.2. The van der Waals surface area contributed by atoms with Crippen LogP contribution in [-0.4, -0.2) is 23.9 Å². The average molecular weight is 296 g/mol. The number of amides is 1. The summed E-state index contributed by atoms with van der Waals surface area (Å²) in [6, 6.07) is 7.25. The van der Waals surface area contributed by atoms with E-state index in [9.17, 15) is 4.79 Å². The van der Waals surface area contributed by atoms with Crippen molar-refractivity contribution in [2.45, 2.75) is 44.6 Å². The normalized spacial score (nSPS) is 17.5. The van der Waals surface area contributed by atoms with Gasteiger partial charge in [0.1, 0.15) is 5.75 Å². The molecule has 1 aliphatic carbocycles. The number of carbonyl (C=O) groups is 1. The monoisotopic (exact) mass is 295 g/mol. The van der Waals surface area contributed by atoms with Gasteiger partial charge in [0.05, 0.1) is 12.1 Å². The summed E-state index contributed by atoms with van der Waals surface area (Å²) in [7, 11) is 0. The second-order valence-electron chi connectivity index (χ2n) is 5.39. The molecule has 0 atom stereocenters. The molecule has 1 saturated carbocycles. The Balaban J connectivity index is 2.03. The number of alkyl halides is 1. The van der Waals surface area contributed by atoms with Crippen molar-refractivity contribution in [1.29, 1.82) is 0 Å². The molecule has 0 aromatic heterocycles. The van der Waals surface area contributed by atoms with Crippen molar-refractivity contribution in [3.8, 4) is 5.75 Å². The van der Waals surface area contributed by atoms with Crippen LogP contribution in [-0.2, 0) is 0 Å². The Kier molecular flexibility index (Phi) is 5.30.